The fourth-order valence-corrected chi connectivity index (χ4v) is 4.60. The quantitative estimate of drug-likeness (QED) is 0.434. The Hall–Kier alpha value is -3.93. The molecule has 0 saturated heterocycles. The molecule has 160 valence electrons. The van der Waals surface area contributed by atoms with Gasteiger partial charge in [0.05, 0.1) is 18.1 Å². The van der Waals surface area contributed by atoms with Crippen LogP contribution in [0.5, 0.6) is 0 Å². The van der Waals surface area contributed by atoms with Crippen LogP contribution in [0, 0.1) is 6.92 Å². The van der Waals surface area contributed by atoms with Gasteiger partial charge >= 0.3 is 0 Å². The van der Waals surface area contributed by atoms with Crippen molar-refractivity contribution in [1.29, 1.82) is 0 Å². The van der Waals surface area contributed by atoms with Gasteiger partial charge in [0.25, 0.3) is 0 Å². The smallest absolute Gasteiger partial charge is 0.228 e. The lowest BCUT2D eigenvalue weighted by atomic mass is 9.82. The Balaban J connectivity index is 1.43. The highest BCUT2D eigenvalue weighted by molar-refractivity contribution is 5.96. The van der Waals surface area contributed by atoms with Crippen LogP contribution in [0.15, 0.2) is 72.1 Å². The van der Waals surface area contributed by atoms with Crippen molar-refractivity contribution in [1.82, 2.24) is 15.5 Å². The Labute approximate surface area is 185 Å². The molecule has 0 fully saturated rings. The Morgan fingerprint density at radius 1 is 1.06 bits per heavy atom. The molecule has 0 radical (unpaired) electrons. The van der Waals surface area contributed by atoms with E-state index in [1.54, 1.807) is 6.20 Å². The van der Waals surface area contributed by atoms with E-state index in [0.29, 0.717) is 6.42 Å². The summed E-state index contributed by atoms with van der Waals surface area (Å²) in [6.07, 6.45) is 2.29. The number of hydrogen-bond donors (Lipinski definition) is 3. The molecule has 6 nitrogen and oxygen atoms in total. The number of nitrogens with one attached hydrogen (secondary N) is 3. The molecule has 2 heterocycles. The van der Waals surface area contributed by atoms with Crippen LogP contribution in [0.3, 0.4) is 0 Å². The molecule has 1 aliphatic rings. The third-order valence-electron chi connectivity index (χ3n) is 6.18. The van der Waals surface area contributed by atoms with Crippen molar-refractivity contribution < 1.29 is 9.59 Å². The van der Waals surface area contributed by atoms with Crippen molar-refractivity contribution in [2.75, 3.05) is 5.32 Å². The number of carbonyl (C=O) groups is 2. The summed E-state index contributed by atoms with van der Waals surface area (Å²) in [6.45, 7) is 3.85. The van der Waals surface area contributed by atoms with E-state index in [0.717, 1.165) is 49.8 Å². The Morgan fingerprint density at radius 2 is 1.88 bits per heavy atom. The van der Waals surface area contributed by atoms with Crippen molar-refractivity contribution in [3.05, 3.63) is 83.2 Å². The number of benzene rings is 3. The summed E-state index contributed by atoms with van der Waals surface area (Å²) in [4.78, 5) is 25.3. The molecule has 1 aliphatic heterocycles. The fraction of sp³-hybridized carbons (Fsp3) is 0.192. The van der Waals surface area contributed by atoms with Gasteiger partial charge < -0.3 is 10.6 Å². The van der Waals surface area contributed by atoms with Gasteiger partial charge in [-0.05, 0) is 53.5 Å². The van der Waals surface area contributed by atoms with E-state index in [1.807, 2.05) is 38.1 Å². The molecule has 0 aliphatic carbocycles. The number of fused-ring (bicyclic) bond motifs is 2. The lowest BCUT2D eigenvalue weighted by Gasteiger charge is -2.28. The summed E-state index contributed by atoms with van der Waals surface area (Å²) < 4.78 is 0. The molecule has 1 unspecified atom stereocenters. The lowest BCUT2D eigenvalue weighted by Crippen LogP contribution is -2.32. The molecule has 0 bridgehead atoms. The second-order valence-corrected chi connectivity index (χ2v) is 8.41. The number of allylic oxidation sites excluding steroid dienone is 1. The predicted octanol–water partition coefficient (Wildman–Crippen LogP) is 4.93. The second kappa shape index (κ2) is 7.96. The van der Waals surface area contributed by atoms with Gasteiger partial charge in [-0.15, -0.1) is 0 Å². The van der Waals surface area contributed by atoms with E-state index in [1.165, 1.54) is 0 Å². The zero-order valence-corrected chi connectivity index (χ0v) is 18.0. The van der Waals surface area contributed by atoms with Gasteiger partial charge in [0, 0.05) is 29.1 Å². The third-order valence-corrected chi connectivity index (χ3v) is 6.18. The SMILES string of the molecule is CC1=C(CC(=O)Nc2cc(C)c3[nH]ncc3c2)C(c2ccc3ccccc3c2)CC(=O)N1. The summed E-state index contributed by atoms with van der Waals surface area (Å²) >= 11 is 0. The highest BCUT2D eigenvalue weighted by Crippen LogP contribution is 2.36. The standard InChI is InChI=1S/C26H24N4O2/c1-15-9-21(11-20-14-27-30-26(15)20)29-25(32)12-22-16(2)28-24(31)13-23(22)19-8-7-17-5-3-4-6-18(17)10-19/h3-11,14,23H,12-13H2,1-2H3,(H,27,30)(H,28,31)(H,29,32). The number of hydrogen-bond acceptors (Lipinski definition) is 3. The van der Waals surface area contributed by atoms with Gasteiger partial charge in [-0.1, -0.05) is 42.5 Å². The summed E-state index contributed by atoms with van der Waals surface area (Å²) in [5.74, 6) is -0.258. The topological polar surface area (TPSA) is 86.9 Å². The van der Waals surface area contributed by atoms with Gasteiger partial charge in [-0.3, -0.25) is 14.7 Å². The fourth-order valence-electron chi connectivity index (χ4n) is 4.60. The van der Waals surface area contributed by atoms with Crippen LogP contribution >= 0.6 is 0 Å². The van der Waals surface area contributed by atoms with Crippen LogP contribution in [-0.4, -0.2) is 22.0 Å². The van der Waals surface area contributed by atoms with E-state index in [2.05, 4.69) is 51.2 Å². The molecule has 1 atom stereocenters. The molecular formula is C26H24N4O2. The average molecular weight is 425 g/mol. The highest BCUT2D eigenvalue weighted by atomic mass is 16.2. The minimum absolute atomic E-state index is 0.0224. The van der Waals surface area contributed by atoms with Gasteiger partial charge in [0.1, 0.15) is 0 Å². The van der Waals surface area contributed by atoms with Crippen LogP contribution < -0.4 is 10.6 Å². The number of H-pyrrole nitrogens is 1. The minimum atomic E-state index is -0.128. The summed E-state index contributed by atoms with van der Waals surface area (Å²) in [5, 5.41) is 16.2. The van der Waals surface area contributed by atoms with E-state index in [9.17, 15) is 9.59 Å². The molecule has 3 aromatic carbocycles. The van der Waals surface area contributed by atoms with Crippen molar-refractivity contribution in [2.45, 2.75) is 32.6 Å². The van der Waals surface area contributed by atoms with E-state index in [4.69, 9.17) is 0 Å². The molecule has 3 N–H and O–H groups in total. The molecule has 32 heavy (non-hydrogen) atoms. The maximum atomic E-state index is 13.0. The van der Waals surface area contributed by atoms with Crippen molar-refractivity contribution in [3.8, 4) is 0 Å². The first-order chi connectivity index (χ1) is 15.5. The maximum Gasteiger partial charge on any atom is 0.228 e. The molecule has 0 saturated carbocycles. The van der Waals surface area contributed by atoms with Gasteiger partial charge in [-0.2, -0.15) is 5.10 Å². The number of aromatic nitrogens is 2. The van der Waals surface area contributed by atoms with Crippen LogP contribution in [0.25, 0.3) is 21.7 Å². The number of anilines is 1. The Morgan fingerprint density at radius 3 is 2.72 bits per heavy atom. The molecule has 5 rings (SSSR count). The number of nitrogens with zero attached hydrogens (tertiary/aromatic N) is 1. The minimum Gasteiger partial charge on any atom is -0.330 e. The molecule has 1 aromatic heterocycles. The van der Waals surface area contributed by atoms with Gasteiger partial charge in [-0.25, -0.2) is 0 Å². The number of aryl methyl sites for hydroxylation is 1. The number of carbonyl (C=O) groups excluding carboxylic acids is 2. The van der Waals surface area contributed by atoms with Gasteiger partial charge in [0.2, 0.25) is 11.8 Å². The third kappa shape index (κ3) is 3.75. The van der Waals surface area contributed by atoms with Crippen LogP contribution in [-0.2, 0) is 9.59 Å². The second-order valence-electron chi connectivity index (χ2n) is 8.41. The average Bonchev–Trinajstić information content (AvgIpc) is 3.24. The van der Waals surface area contributed by atoms with Gasteiger partial charge in [0.15, 0.2) is 0 Å². The monoisotopic (exact) mass is 424 g/mol. The van der Waals surface area contributed by atoms with Crippen molar-refractivity contribution in [3.63, 3.8) is 0 Å². The van der Waals surface area contributed by atoms with E-state index in [-0.39, 0.29) is 24.2 Å². The predicted molar refractivity (Wildman–Crippen MR) is 126 cm³/mol. The molecule has 0 spiro atoms. The molecule has 2 amide bonds. The zero-order valence-electron chi connectivity index (χ0n) is 18.0. The number of rotatable bonds is 4. The van der Waals surface area contributed by atoms with Crippen LogP contribution in [0.4, 0.5) is 5.69 Å². The normalized spacial score (nSPS) is 16.4. The Kier molecular flexibility index (Phi) is 4.98. The Bertz CT molecular complexity index is 1400. The number of amides is 2. The zero-order chi connectivity index (χ0) is 22.2. The van der Waals surface area contributed by atoms with E-state index < -0.39 is 0 Å². The van der Waals surface area contributed by atoms with Crippen molar-refractivity contribution >= 4 is 39.2 Å². The summed E-state index contributed by atoms with van der Waals surface area (Å²) in [6, 6.07) is 18.3. The summed E-state index contributed by atoms with van der Waals surface area (Å²) in [5.41, 5.74) is 5.48. The first kappa shape index (κ1) is 20.0. The van der Waals surface area contributed by atoms with Crippen molar-refractivity contribution in [2.24, 2.45) is 0 Å². The molecule has 6 heteroatoms. The maximum absolute atomic E-state index is 13.0. The molecular weight excluding hydrogens is 400 g/mol. The highest BCUT2D eigenvalue weighted by Gasteiger charge is 2.29. The summed E-state index contributed by atoms with van der Waals surface area (Å²) in [7, 11) is 0. The lowest BCUT2D eigenvalue weighted by molar-refractivity contribution is -0.121. The number of aromatic amines is 1. The van der Waals surface area contributed by atoms with E-state index >= 15 is 0 Å². The van der Waals surface area contributed by atoms with Crippen LogP contribution in [0.1, 0.15) is 36.8 Å². The first-order valence-corrected chi connectivity index (χ1v) is 10.7. The first-order valence-electron chi connectivity index (χ1n) is 10.7. The molecule has 4 aromatic rings. The largest absolute Gasteiger partial charge is 0.330 e. The van der Waals surface area contributed by atoms with Crippen LogP contribution in [0.2, 0.25) is 0 Å².